The largest absolute Gasteiger partial charge is 0.481 e. The van der Waals surface area contributed by atoms with E-state index in [9.17, 15) is 33.9 Å². The highest BCUT2D eigenvalue weighted by Crippen LogP contribution is 2.13. The number of hydrogen-bond acceptors (Lipinski definition) is 11. The zero-order valence-electron chi connectivity index (χ0n) is 33.8. The van der Waals surface area contributed by atoms with Crippen molar-refractivity contribution < 1.29 is 63.0 Å². The lowest BCUT2D eigenvalue weighted by molar-refractivity contribution is -0.142. The first-order valence-corrected chi connectivity index (χ1v) is 20.5. The number of carboxylic acid groups (broad SMARTS) is 3. The molecule has 3 amide bonds. The Hall–Kier alpha value is -3.38. The fourth-order valence-corrected chi connectivity index (χ4v) is 5.59. The van der Waals surface area contributed by atoms with Crippen LogP contribution in [-0.4, -0.2) is 136 Å². The van der Waals surface area contributed by atoms with Crippen molar-refractivity contribution in [3.05, 3.63) is 0 Å². The lowest BCUT2D eigenvalue weighted by Gasteiger charge is -2.15. The van der Waals surface area contributed by atoms with E-state index in [-0.39, 0.29) is 50.7 Å². The molecule has 0 spiro atoms. The fraction of sp³-hybridized carbons (Fsp3) is 0.846. The van der Waals surface area contributed by atoms with E-state index in [1.165, 1.54) is 38.5 Å². The third kappa shape index (κ3) is 36.3. The van der Waals surface area contributed by atoms with E-state index < -0.39 is 35.9 Å². The minimum Gasteiger partial charge on any atom is -0.481 e. The normalized spacial score (nSPS) is 12.2. The molecule has 17 heteroatoms. The number of ether oxygens (including phenoxy) is 4. The summed E-state index contributed by atoms with van der Waals surface area (Å²) in [6.45, 7) is 3.37. The molecule has 0 rings (SSSR count). The van der Waals surface area contributed by atoms with Crippen LogP contribution >= 0.6 is 0 Å². The molecule has 0 saturated carbocycles. The third-order valence-corrected chi connectivity index (χ3v) is 8.88. The maximum absolute atomic E-state index is 12.2. The molecule has 0 saturated heterocycles. The van der Waals surface area contributed by atoms with Gasteiger partial charge in [-0.3, -0.25) is 24.0 Å². The van der Waals surface area contributed by atoms with Crippen LogP contribution in [0.5, 0.6) is 0 Å². The topological polar surface area (TPSA) is 248 Å². The van der Waals surface area contributed by atoms with Crippen LogP contribution < -0.4 is 21.3 Å². The Labute approximate surface area is 333 Å². The molecule has 2 atom stereocenters. The molecular formula is C39H72N4O13. The third-order valence-electron chi connectivity index (χ3n) is 8.88. The second-order valence-corrected chi connectivity index (χ2v) is 13.7. The molecule has 0 unspecified atom stereocenters. The SMILES string of the molecule is CN[C@@H](CCCCNC(=O)CC[C@H](NC(=O)CCOCCOCCOCCOCCNC(=O)CCCCCCCCCCCCCCC(=O)O)C(=O)O)C(=O)O. The van der Waals surface area contributed by atoms with Crippen molar-refractivity contribution in [3.63, 3.8) is 0 Å². The molecule has 0 bridgehead atoms. The molecule has 0 radical (unpaired) electrons. The van der Waals surface area contributed by atoms with Gasteiger partial charge in [-0.1, -0.05) is 64.2 Å². The van der Waals surface area contributed by atoms with Crippen molar-refractivity contribution in [2.75, 3.05) is 73.0 Å². The highest BCUT2D eigenvalue weighted by molar-refractivity contribution is 5.84. The van der Waals surface area contributed by atoms with Crippen LogP contribution in [0.3, 0.4) is 0 Å². The quantitative estimate of drug-likeness (QED) is 0.0437. The molecule has 7 N–H and O–H groups in total. The fourth-order valence-electron chi connectivity index (χ4n) is 5.59. The van der Waals surface area contributed by atoms with E-state index in [0.717, 1.165) is 38.5 Å². The Kier molecular flexibility index (Phi) is 36.2. The van der Waals surface area contributed by atoms with Crippen molar-refractivity contribution in [2.24, 2.45) is 0 Å². The maximum atomic E-state index is 12.2. The maximum Gasteiger partial charge on any atom is 0.326 e. The van der Waals surface area contributed by atoms with Gasteiger partial charge in [0.1, 0.15) is 12.1 Å². The van der Waals surface area contributed by atoms with E-state index >= 15 is 0 Å². The Bertz CT molecular complexity index is 1050. The van der Waals surface area contributed by atoms with Crippen LogP contribution in [0.1, 0.15) is 128 Å². The lowest BCUT2D eigenvalue weighted by atomic mass is 10.0. The van der Waals surface area contributed by atoms with Gasteiger partial charge < -0.3 is 55.5 Å². The van der Waals surface area contributed by atoms with Gasteiger partial charge in [-0.05, 0) is 45.6 Å². The number of carbonyl (C=O) groups is 6. The average Bonchev–Trinajstić information content (AvgIpc) is 3.15. The van der Waals surface area contributed by atoms with Crippen LogP contribution in [0.25, 0.3) is 0 Å². The van der Waals surface area contributed by atoms with E-state index in [1.54, 1.807) is 7.05 Å². The van der Waals surface area contributed by atoms with Crippen LogP contribution in [0.15, 0.2) is 0 Å². The summed E-state index contributed by atoms with van der Waals surface area (Å²) >= 11 is 0. The van der Waals surface area contributed by atoms with Gasteiger partial charge in [0.15, 0.2) is 0 Å². The number of nitrogens with one attached hydrogen (secondary N) is 4. The molecule has 326 valence electrons. The second-order valence-electron chi connectivity index (χ2n) is 13.7. The lowest BCUT2D eigenvalue weighted by Crippen LogP contribution is -2.42. The highest BCUT2D eigenvalue weighted by Gasteiger charge is 2.21. The first kappa shape index (κ1) is 52.6. The van der Waals surface area contributed by atoms with Crippen molar-refractivity contribution >= 4 is 35.6 Å². The predicted molar refractivity (Wildman–Crippen MR) is 209 cm³/mol. The minimum atomic E-state index is -1.24. The molecular weight excluding hydrogens is 732 g/mol. The summed E-state index contributed by atoms with van der Waals surface area (Å²) in [5.41, 5.74) is 0. The molecule has 0 aromatic rings. The number of aliphatic carboxylic acids is 3. The molecule has 17 nitrogen and oxygen atoms in total. The van der Waals surface area contributed by atoms with Crippen molar-refractivity contribution in [2.45, 2.75) is 141 Å². The van der Waals surface area contributed by atoms with E-state index in [2.05, 4.69) is 21.3 Å². The molecule has 56 heavy (non-hydrogen) atoms. The Morgan fingerprint density at radius 2 is 0.875 bits per heavy atom. The summed E-state index contributed by atoms with van der Waals surface area (Å²) in [7, 11) is 1.57. The van der Waals surface area contributed by atoms with Crippen LogP contribution in [0, 0.1) is 0 Å². The van der Waals surface area contributed by atoms with Gasteiger partial charge in [0.05, 0.1) is 52.9 Å². The van der Waals surface area contributed by atoms with Crippen molar-refractivity contribution in [1.29, 1.82) is 0 Å². The second kappa shape index (κ2) is 38.5. The predicted octanol–water partition coefficient (Wildman–Crippen LogP) is 3.41. The van der Waals surface area contributed by atoms with Crippen molar-refractivity contribution in [1.82, 2.24) is 21.3 Å². The summed E-state index contributed by atoms with van der Waals surface area (Å²) in [5, 5.41) is 37.7. The smallest absolute Gasteiger partial charge is 0.326 e. The van der Waals surface area contributed by atoms with Crippen LogP contribution in [0.4, 0.5) is 0 Å². The van der Waals surface area contributed by atoms with E-state index in [0.29, 0.717) is 78.4 Å². The zero-order chi connectivity index (χ0) is 41.5. The molecule has 0 aliphatic heterocycles. The first-order valence-electron chi connectivity index (χ1n) is 20.5. The summed E-state index contributed by atoms with van der Waals surface area (Å²) in [4.78, 5) is 69.2. The zero-order valence-corrected chi connectivity index (χ0v) is 33.8. The average molecular weight is 805 g/mol. The van der Waals surface area contributed by atoms with Gasteiger partial charge in [0.2, 0.25) is 17.7 Å². The molecule has 0 aromatic carbocycles. The molecule has 0 heterocycles. The Morgan fingerprint density at radius 3 is 1.38 bits per heavy atom. The minimum absolute atomic E-state index is 0.0445. The number of hydrogen-bond donors (Lipinski definition) is 7. The van der Waals surface area contributed by atoms with Gasteiger partial charge in [0.25, 0.3) is 0 Å². The standard InChI is InChI=1S/C39H72N4O13/c1-40-32(38(49)50)16-14-15-22-41-35(45)20-19-33(39(51)52)43-36(46)21-24-53-26-28-55-30-31-56-29-27-54-25-23-42-34(44)17-12-10-8-6-4-2-3-5-7-9-11-13-18-37(47)48/h32-33,40H,2-31H2,1H3,(H,41,45)(H,42,44)(H,43,46)(H,47,48)(H,49,50)(H,51,52)/t32-,33-/m0/s1. The Balaban J connectivity index is 3.54. The molecule has 0 aromatic heterocycles. The monoisotopic (exact) mass is 805 g/mol. The van der Waals surface area contributed by atoms with Crippen LogP contribution in [-0.2, 0) is 47.7 Å². The number of carbonyl (C=O) groups excluding carboxylic acids is 3. The number of carboxylic acids is 3. The number of rotatable bonds is 42. The summed E-state index contributed by atoms with van der Waals surface area (Å²) in [6, 6.07) is -1.85. The summed E-state index contributed by atoms with van der Waals surface area (Å²) in [6.07, 6.45) is 15.6. The van der Waals surface area contributed by atoms with Gasteiger partial charge >= 0.3 is 17.9 Å². The van der Waals surface area contributed by atoms with Gasteiger partial charge in [-0.2, -0.15) is 0 Å². The van der Waals surface area contributed by atoms with E-state index in [4.69, 9.17) is 29.2 Å². The first-order chi connectivity index (χ1) is 27.1. The van der Waals surface area contributed by atoms with E-state index in [1.807, 2.05) is 0 Å². The summed E-state index contributed by atoms with van der Waals surface area (Å²) in [5.74, 6) is -3.68. The number of likely N-dealkylation sites (N-methyl/N-ethyl adjacent to an activating group) is 1. The van der Waals surface area contributed by atoms with Gasteiger partial charge in [0, 0.05) is 38.8 Å². The highest BCUT2D eigenvalue weighted by atomic mass is 16.6. The summed E-state index contributed by atoms with van der Waals surface area (Å²) < 4.78 is 21.7. The van der Waals surface area contributed by atoms with Gasteiger partial charge in [-0.25, -0.2) is 4.79 Å². The van der Waals surface area contributed by atoms with Crippen LogP contribution in [0.2, 0.25) is 0 Å². The van der Waals surface area contributed by atoms with Crippen molar-refractivity contribution in [3.8, 4) is 0 Å². The number of amides is 3. The molecule has 0 fully saturated rings. The number of unbranched alkanes of at least 4 members (excludes halogenated alkanes) is 12. The molecule has 0 aliphatic carbocycles. The Morgan fingerprint density at radius 1 is 0.429 bits per heavy atom. The van der Waals surface area contributed by atoms with Gasteiger partial charge in [-0.15, -0.1) is 0 Å². The molecule has 0 aliphatic rings.